The Labute approximate surface area is 121 Å². The standard InChI is InChI=1S/C13H18ClNO2SSi/c1-19(2,3)10-9-12(14)11-15-18(16,17)13-7-5-4-6-8-13/h4-8,12,15H,11H2,1-3H3. The summed E-state index contributed by atoms with van der Waals surface area (Å²) in [6.45, 7) is 6.43. The van der Waals surface area contributed by atoms with Crippen LogP contribution >= 0.6 is 11.6 Å². The summed E-state index contributed by atoms with van der Waals surface area (Å²) in [4.78, 5) is 0.233. The molecule has 0 radical (unpaired) electrons. The fourth-order valence-corrected chi connectivity index (χ4v) is 3.20. The van der Waals surface area contributed by atoms with E-state index < -0.39 is 23.5 Å². The Balaban J connectivity index is 2.64. The van der Waals surface area contributed by atoms with Crippen LogP contribution in [0.25, 0.3) is 0 Å². The second-order valence-corrected chi connectivity index (χ2v) is 12.2. The normalized spacial score (nSPS) is 13.5. The van der Waals surface area contributed by atoms with Crippen LogP contribution in [0.3, 0.4) is 0 Å². The molecule has 1 N–H and O–H groups in total. The Hall–Kier alpha value is -0.803. The fourth-order valence-electron chi connectivity index (χ4n) is 1.21. The van der Waals surface area contributed by atoms with Gasteiger partial charge in [-0.25, -0.2) is 13.1 Å². The molecule has 104 valence electrons. The number of hydrogen-bond donors (Lipinski definition) is 1. The van der Waals surface area contributed by atoms with Crippen molar-refractivity contribution in [3.8, 4) is 11.5 Å². The number of sulfonamides is 1. The quantitative estimate of drug-likeness (QED) is 0.527. The van der Waals surface area contributed by atoms with Gasteiger partial charge < -0.3 is 0 Å². The molecule has 1 aromatic rings. The molecule has 19 heavy (non-hydrogen) atoms. The van der Waals surface area contributed by atoms with Gasteiger partial charge in [-0.3, -0.25) is 0 Å². The number of benzene rings is 1. The predicted octanol–water partition coefficient (Wildman–Crippen LogP) is 2.45. The summed E-state index contributed by atoms with van der Waals surface area (Å²) in [5, 5.41) is -0.509. The summed E-state index contributed by atoms with van der Waals surface area (Å²) < 4.78 is 26.3. The van der Waals surface area contributed by atoms with Crippen molar-refractivity contribution in [2.75, 3.05) is 6.54 Å². The van der Waals surface area contributed by atoms with Crippen LogP contribution in [0.5, 0.6) is 0 Å². The van der Waals surface area contributed by atoms with Gasteiger partial charge in [-0.1, -0.05) is 43.8 Å². The zero-order valence-corrected chi connectivity index (χ0v) is 13.8. The maximum Gasteiger partial charge on any atom is 0.240 e. The van der Waals surface area contributed by atoms with Crippen LogP contribution in [0.1, 0.15) is 0 Å². The van der Waals surface area contributed by atoms with E-state index in [1.165, 1.54) is 0 Å². The van der Waals surface area contributed by atoms with Gasteiger partial charge in [0.15, 0.2) is 0 Å². The minimum absolute atomic E-state index is 0.107. The van der Waals surface area contributed by atoms with Crippen LogP contribution in [0, 0.1) is 11.5 Å². The van der Waals surface area contributed by atoms with E-state index in [2.05, 4.69) is 35.8 Å². The van der Waals surface area contributed by atoms with E-state index >= 15 is 0 Å². The molecule has 0 aliphatic carbocycles. The molecule has 0 aliphatic rings. The van der Waals surface area contributed by atoms with E-state index in [1.54, 1.807) is 30.3 Å². The summed E-state index contributed by atoms with van der Waals surface area (Å²) in [5.74, 6) is 2.90. The number of nitrogens with one attached hydrogen (secondary N) is 1. The second-order valence-electron chi connectivity index (χ2n) is 5.15. The van der Waals surface area contributed by atoms with Gasteiger partial charge in [0.05, 0.1) is 4.90 Å². The average molecular weight is 316 g/mol. The lowest BCUT2D eigenvalue weighted by Crippen LogP contribution is -2.29. The molecule has 0 fully saturated rings. The van der Waals surface area contributed by atoms with Gasteiger partial charge in [0.1, 0.15) is 13.5 Å². The highest BCUT2D eigenvalue weighted by Gasteiger charge is 2.15. The van der Waals surface area contributed by atoms with Crippen molar-refractivity contribution < 1.29 is 8.42 Å². The Morgan fingerprint density at radius 2 is 1.84 bits per heavy atom. The Morgan fingerprint density at radius 1 is 1.26 bits per heavy atom. The van der Waals surface area contributed by atoms with Crippen molar-refractivity contribution in [1.82, 2.24) is 4.72 Å². The van der Waals surface area contributed by atoms with Crippen LogP contribution in [0.2, 0.25) is 19.6 Å². The van der Waals surface area contributed by atoms with E-state index in [0.717, 1.165) is 0 Å². The molecule has 1 aromatic carbocycles. The molecule has 0 amide bonds. The summed E-state index contributed by atoms with van der Waals surface area (Å²) in [6, 6.07) is 8.21. The van der Waals surface area contributed by atoms with Crippen LogP contribution < -0.4 is 4.72 Å². The highest BCUT2D eigenvalue weighted by atomic mass is 35.5. The molecule has 0 heterocycles. The Kier molecular flexibility index (Phi) is 5.62. The van der Waals surface area contributed by atoms with E-state index in [9.17, 15) is 8.42 Å². The highest BCUT2D eigenvalue weighted by Crippen LogP contribution is 2.07. The molecule has 0 aromatic heterocycles. The van der Waals surface area contributed by atoms with Crippen molar-refractivity contribution in [1.29, 1.82) is 0 Å². The minimum Gasteiger partial charge on any atom is -0.209 e. The fraction of sp³-hybridized carbons (Fsp3) is 0.385. The van der Waals surface area contributed by atoms with Crippen molar-refractivity contribution in [2.24, 2.45) is 0 Å². The molecule has 1 rings (SSSR count). The zero-order chi connectivity index (χ0) is 14.5. The topological polar surface area (TPSA) is 46.2 Å². The highest BCUT2D eigenvalue weighted by molar-refractivity contribution is 7.89. The van der Waals surface area contributed by atoms with Gasteiger partial charge in [0.2, 0.25) is 10.0 Å². The van der Waals surface area contributed by atoms with Gasteiger partial charge >= 0.3 is 0 Å². The molecule has 3 nitrogen and oxygen atoms in total. The molecular formula is C13H18ClNO2SSi. The molecule has 0 spiro atoms. The molecule has 0 aliphatic heterocycles. The van der Waals surface area contributed by atoms with E-state index in [1.807, 2.05) is 0 Å². The van der Waals surface area contributed by atoms with Crippen molar-refractivity contribution in [3.63, 3.8) is 0 Å². The predicted molar refractivity (Wildman–Crippen MR) is 82.4 cm³/mol. The molecule has 1 unspecified atom stereocenters. The Bertz CT molecular complexity index is 570. The molecule has 1 atom stereocenters. The maximum absolute atomic E-state index is 11.9. The van der Waals surface area contributed by atoms with Crippen LogP contribution in [0.4, 0.5) is 0 Å². The SMILES string of the molecule is C[Si](C)(C)C#CC(Cl)CNS(=O)(=O)c1ccccc1. The van der Waals surface area contributed by atoms with Crippen LogP contribution in [-0.2, 0) is 10.0 Å². The summed E-state index contributed by atoms with van der Waals surface area (Å²) in [5.41, 5.74) is 3.12. The monoisotopic (exact) mass is 315 g/mol. The summed E-state index contributed by atoms with van der Waals surface area (Å²) in [6.07, 6.45) is 0. The summed E-state index contributed by atoms with van der Waals surface area (Å²) in [7, 11) is -4.98. The first-order valence-electron chi connectivity index (χ1n) is 5.92. The molecule has 6 heteroatoms. The molecule has 0 saturated carbocycles. The minimum atomic E-state index is -3.50. The average Bonchev–Trinajstić information content (AvgIpc) is 2.34. The largest absolute Gasteiger partial charge is 0.240 e. The van der Waals surface area contributed by atoms with Crippen LogP contribution in [0.15, 0.2) is 35.2 Å². The second kappa shape index (κ2) is 6.57. The Morgan fingerprint density at radius 3 is 2.37 bits per heavy atom. The lowest BCUT2D eigenvalue weighted by Gasteiger charge is -2.08. The summed E-state index contributed by atoms with van der Waals surface area (Å²) >= 11 is 6.00. The molecule has 0 bridgehead atoms. The van der Waals surface area contributed by atoms with Gasteiger partial charge in [0.25, 0.3) is 0 Å². The number of rotatable bonds is 4. The van der Waals surface area contributed by atoms with Gasteiger partial charge in [-0.05, 0) is 12.1 Å². The van der Waals surface area contributed by atoms with E-state index in [0.29, 0.717) is 0 Å². The van der Waals surface area contributed by atoms with Crippen molar-refractivity contribution >= 4 is 29.7 Å². The third-order valence-electron chi connectivity index (χ3n) is 2.11. The van der Waals surface area contributed by atoms with Crippen LogP contribution in [-0.4, -0.2) is 28.4 Å². The van der Waals surface area contributed by atoms with Gasteiger partial charge in [-0.2, -0.15) is 0 Å². The maximum atomic E-state index is 11.9. The lowest BCUT2D eigenvalue weighted by molar-refractivity contribution is 0.582. The first kappa shape index (κ1) is 16.3. The van der Waals surface area contributed by atoms with Gasteiger partial charge in [0, 0.05) is 6.54 Å². The number of hydrogen-bond acceptors (Lipinski definition) is 2. The first-order chi connectivity index (χ1) is 8.71. The third kappa shape index (κ3) is 6.26. The van der Waals surface area contributed by atoms with Gasteiger partial charge in [-0.15, -0.1) is 17.1 Å². The first-order valence-corrected chi connectivity index (χ1v) is 11.3. The molecule has 0 saturated heterocycles. The molecular weight excluding hydrogens is 298 g/mol. The number of alkyl halides is 1. The number of halogens is 1. The zero-order valence-electron chi connectivity index (χ0n) is 11.3. The van der Waals surface area contributed by atoms with E-state index in [-0.39, 0.29) is 11.4 Å². The van der Waals surface area contributed by atoms with Crippen molar-refractivity contribution in [3.05, 3.63) is 30.3 Å². The smallest absolute Gasteiger partial charge is 0.209 e. The lowest BCUT2D eigenvalue weighted by atomic mass is 10.4. The van der Waals surface area contributed by atoms with Crippen molar-refractivity contribution in [2.45, 2.75) is 29.9 Å². The third-order valence-corrected chi connectivity index (χ3v) is 4.71. The van der Waals surface area contributed by atoms with E-state index in [4.69, 9.17) is 11.6 Å².